The summed E-state index contributed by atoms with van der Waals surface area (Å²) in [6.45, 7) is 2.12. The molecule has 0 amide bonds. The summed E-state index contributed by atoms with van der Waals surface area (Å²) in [7, 11) is 0. The van der Waals surface area contributed by atoms with E-state index in [0.29, 0.717) is 5.25 Å². The third-order valence-electron chi connectivity index (χ3n) is 2.99. The van der Waals surface area contributed by atoms with Crippen molar-refractivity contribution in [2.24, 2.45) is 0 Å². The van der Waals surface area contributed by atoms with Crippen LogP contribution in [0.15, 0.2) is 28.7 Å². The average Bonchev–Trinajstić information content (AvgIpc) is 2.64. The van der Waals surface area contributed by atoms with Crippen LogP contribution < -0.4 is 5.32 Å². The number of hydrogen-bond donors (Lipinski definition) is 1. The molecule has 1 heterocycles. The Hall–Kier alpha value is -0.660. The maximum absolute atomic E-state index is 9.40. The van der Waals surface area contributed by atoms with Gasteiger partial charge in [-0.2, -0.15) is 17.0 Å². The Balaban J connectivity index is 2.27. The van der Waals surface area contributed by atoms with Gasteiger partial charge in [0.25, 0.3) is 0 Å². The normalized spacial score (nSPS) is 28.7. The van der Waals surface area contributed by atoms with E-state index in [4.69, 9.17) is 0 Å². The zero-order valence-electron chi connectivity index (χ0n) is 9.03. The SMILES string of the molecule is CC1SCCC1(C#N)Nc1ccccc1Br. The number of nitrogens with one attached hydrogen (secondary N) is 1. The number of nitrogens with zero attached hydrogens (tertiary/aromatic N) is 1. The quantitative estimate of drug-likeness (QED) is 0.905. The summed E-state index contributed by atoms with van der Waals surface area (Å²) in [5.41, 5.74) is 0.576. The Morgan fingerprint density at radius 3 is 2.88 bits per heavy atom. The number of rotatable bonds is 2. The predicted molar refractivity (Wildman–Crippen MR) is 72.6 cm³/mol. The van der Waals surface area contributed by atoms with Crippen molar-refractivity contribution in [3.8, 4) is 6.07 Å². The fourth-order valence-electron chi connectivity index (χ4n) is 1.88. The fraction of sp³-hybridized carbons (Fsp3) is 0.417. The highest BCUT2D eigenvalue weighted by Gasteiger charge is 2.41. The maximum Gasteiger partial charge on any atom is 0.137 e. The van der Waals surface area contributed by atoms with E-state index in [1.807, 2.05) is 36.0 Å². The summed E-state index contributed by atoms with van der Waals surface area (Å²) in [6, 6.07) is 10.4. The van der Waals surface area contributed by atoms with E-state index >= 15 is 0 Å². The van der Waals surface area contributed by atoms with Crippen LogP contribution in [0.1, 0.15) is 13.3 Å². The van der Waals surface area contributed by atoms with Gasteiger partial charge in [0.15, 0.2) is 0 Å². The molecule has 0 aromatic heterocycles. The maximum atomic E-state index is 9.40. The van der Waals surface area contributed by atoms with Gasteiger partial charge in [-0.05, 0) is 47.2 Å². The van der Waals surface area contributed by atoms with Gasteiger partial charge in [-0.3, -0.25) is 0 Å². The molecule has 1 aromatic carbocycles. The van der Waals surface area contributed by atoms with Gasteiger partial charge in [-0.15, -0.1) is 0 Å². The Bertz CT molecular complexity index is 429. The standard InChI is InChI=1S/C12H13BrN2S/c1-9-12(8-14,6-7-16-9)15-11-5-3-2-4-10(11)13/h2-5,9,15H,6-7H2,1H3. The molecule has 1 N–H and O–H groups in total. The number of benzene rings is 1. The van der Waals surface area contributed by atoms with Gasteiger partial charge >= 0.3 is 0 Å². The van der Waals surface area contributed by atoms with Gasteiger partial charge in [-0.1, -0.05) is 12.1 Å². The van der Waals surface area contributed by atoms with E-state index in [0.717, 1.165) is 22.3 Å². The molecule has 2 rings (SSSR count). The first-order valence-electron chi connectivity index (χ1n) is 5.23. The van der Waals surface area contributed by atoms with E-state index in [9.17, 15) is 5.26 Å². The summed E-state index contributed by atoms with van der Waals surface area (Å²) in [4.78, 5) is 0. The van der Waals surface area contributed by atoms with Gasteiger partial charge in [0.05, 0.1) is 6.07 Å². The van der Waals surface area contributed by atoms with Crippen molar-refractivity contribution in [1.29, 1.82) is 5.26 Å². The number of nitriles is 1. The second-order valence-corrected chi connectivity index (χ2v) is 6.25. The Kier molecular flexibility index (Phi) is 3.46. The average molecular weight is 297 g/mol. The minimum absolute atomic E-state index is 0.324. The third kappa shape index (κ3) is 2.07. The van der Waals surface area contributed by atoms with Gasteiger partial charge in [-0.25, -0.2) is 0 Å². The number of anilines is 1. The molecule has 0 aliphatic carbocycles. The first-order valence-corrected chi connectivity index (χ1v) is 7.08. The Labute approximate surface area is 109 Å². The van der Waals surface area contributed by atoms with Crippen LogP contribution in [0.5, 0.6) is 0 Å². The second kappa shape index (κ2) is 4.68. The molecule has 0 spiro atoms. The van der Waals surface area contributed by atoms with Crippen LogP contribution in [0.3, 0.4) is 0 Å². The van der Waals surface area contributed by atoms with E-state index < -0.39 is 5.54 Å². The summed E-state index contributed by atoms with van der Waals surface area (Å²) in [6.07, 6.45) is 0.899. The van der Waals surface area contributed by atoms with Crippen molar-refractivity contribution < 1.29 is 0 Å². The topological polar surface area (TPSA) is 35.8 Å². The van der Waals surface area contributed by atoms with Crippen LogP contribution in [-0.4, -0.2) is 16.5 Å². The molecule has 2 atom stereocenters. The van der Waals surface area contributed by atoms with Crippen molar-refractivity contribution in [2.45, 2.75) is 24.1 Å². The molecular formula is C12H13BrN2S. The number of para-hydroxylation sites is 1. The lowest BCUT2D eigenvalue weighted by atomic mass is 9.94. The molecule has 1 fully saturated rings. The van der Waals surface area contributed by atoms with Crippen molar-refractivity contribution in [2.75, 3.05) is 11.1 Å². The number of hydrogen-bond acceptors (Lipinski definition) is 3. The molecular weight excluding hydrogens is 284 g/mol. The summed E-state index contributed by atoms with van der Waals surface area (Å²) >= 11 is 5.35. The monoisotopic (exact) mass is 296 g/mol. The highest BCUT2D eigenvalue weighted by atomic mass is 79.9. The highest BCUT2D eigenvalue weighted by Crippen LogP contribution is 2.39. The smallest absolute Gasteiger partial charge is 0.137 e. The van der Waals surface area contributed by atoms with Gasteiger partial charge < -0.3 is 5.32 Å². The first kappa shape index (κ1) is 11.8. The van der Waals surface area contributed by atoms with Crippen molar-refractivity contribution in [1.82, 2.24) is 0 Å². The van der Waals surface area contributed by atoms with Gasteiger partial charge in [0.1, 0.15) is 5.54 Å². The van der Waals surface area contributed by atoms with E-state index in [2.05, 4.69) is 34.2 Å². The van der Waals surface area contributed by atoms with Crippen LogP contribution in [0.2, 0.25) is 0 Å². The zero-order chi connectivity index (χ0) is 11.6. The van der Waals surface area contributed by atoms with Crippen molar-refractivity contribution >= 4 is 33.4 Å². The minimum atomic E-state index is -0.422. The number of thioether (sulfide) groups is 1. The van der Waals surface area contributed by atoms with Crippen molar-refractivity contribution in [3.05, 3.63) is 28.7 Å². The molecule has 0 radical (unpaired) electrons. The first-order chi connectivity index (χ1) is 7.68. The van der Waals surface area contributed by atoms with Gasteiger partial charge in [0.2, 0.25) is 0 Å². The lowest BCUT2D eigenvalue weighted by molar-refractivity contribution is 0.592. The molecule has 2 nitrogen and oxygen atoms in total. The molecule has 4 heteroatoms. The minimum Gasteiger partial charge on any atom is -0.366 e. The molecule has 0 bridgehead atoms. The summed E-state index contributed by atoms with van der Waals surface area (Å²) < 4.78 is 1.01. The molecule has 0 saturated carbocycles. The van der Waals surface area contributed by atoms with Crippen LogP contribution in [-0.2, 0) is 0 Å². The number of halogens is 1. The Morgan fingerprint density at radius 1 is 1.56 bits per heavy atom. The van der Waals surface area contributed by atoms with Crippen LogP contribution in [0, 0.1) is 11.3 Å². The molecule has 16 heavy (non-hydrogen) atoms. The predicted octanol–water partition coefficient (Wildman–Crippen LogP) is 3.65. The Morgan fingerprint density at radius 2 is 2.31 bits per heavy atom. The van der Waals surface area contributed by atoms with Gasteiger partial charge in [0, 0.05) is 15.4 Å². The van der Waals surface area contributed by atoms with Crippen LogP contribution in [0.25, 0.3) is 0 Å². The zero-order valence-corrected chi connectivity index (χ0v) is 11.4. The molecule has 1 saturated heterocycles. The van der Waals surface area contributed by atoms with E-state index in [1.165, 1.54) is 0 Å². The molecule has 1 aliphatic rings. The summed E-state index contributed by atoms with van der Waals surface area (Å²) in [5.74, 6) is 1.05. The molecule has 2 unspecified atom stereocenters. The van der Waals surface area contributed by atoms with Crippen LogP contribution in [0.4, 0.5) is 5.69 Å². The third-order valence-corrected chi connectivity index (χ3v) is 5.02. The molecule has 1 aromatic rings. The van der Waals surface area contributed by atoms with Crippen LogP contribution >= 0.6 is 27.7 Å². The van der Waals surface area contributed by atoms with E-state index in [-0.39, 0.29) is 0 Å². The van der Waals surface area contributed by atoms with E-state index in [1.54, 1.807) is 0 Å². The fourth-order valence-corrected chi connectivity index (χ4v) is 3.58. The summed E-state index contributed by atoms with van der Waals surface area (Å²) in [5, 5.41) is 13.1. The molecule has 84 valence electrons. The lowest BCUT2D eigenvalue weighted by Gasteiger charge is -2.28. The highest BCUT2D eigenvalue weighted by molar-refractivity contribution is 9.10. The largest absolute Gasteiger partial charge is 0.366 e. The lowest BCUT2D eigenvalue weighted by Crippen LogP contribution is -2.41. The van der Waals surface area contributed by atoms with Crippen molar-refractivity contribution in [3.63, 3.8) is 0 Å². The molecule has 1 aliphatic heterocycles. The second-order valence-electron chi connectivity index (χ2n) is 3.95.